The molecule has 2 atom stereocenters. The van der Waals surface area contributed by atoms with Gasteiger partial charge in [-0.25, -0.2) is 0 Å². The molecule has 0 saturated heterocycles. The summed E-state index contributed by atoms with van der Waals surface area (Å²) in [6, 6.07) is 1.12. The number of rotatable bonds is 6. The smallest absolute Gasteiger partial charge is 0.0221 e. The summed E-state index contributed by atoms with van der Waals surface area (Å²) in [6.07, 6.45) is 5.70. The van der Waals surface area contributed by atoms with Gasteiger partial charge in [-0.05, 0) is 19.8 Å². The van der Waals surface area contributed by atoms with E-state index in [1.165, 1.54) is 19.3 Å². The molecule has 0 aliphatic carbocycles. The molecule has 1 unspecified atom stereocenters. The van der Waals surface area contributed by atoms with E-state index in [9.17, 15) is 0 Å². The van der Waals surface area contributed by atoms with Gasteiger partial charge in [0, 0.05) is 12.1 Å². The molecule has 0 radical (unpaired) electrons. The van der Waals surface area contributed by atoms with Gasteiger partial charge in [0.1, 0.15) is 0 Å². The number of hydrogen-bond donors (Lipinski definition) is 1. The van der Waals surface area contributed by atoms with Crippen LogP contribution in [-0.2, 0) is 0 Å². The van der Waals surface area contributed by atoms with Crippen LogP contribution in [0.15, 0.2) is 12.7 Å². The predicted octanol–water partition coefficient (Wildman–Crippen LogP) is 2.73. The summed E-state index contributed by atoms with van der Waals surface area (Å²) in [5.74, 6) is 0. The molecule has 0 bridgehead atoms. The Bertz CT molecular complexity index is 99.0. The molecule has 0 aromatic carbocycles. The molecular weight excluding hydrogens is 134 g/mol. The Balaban J connectivity index is 3.57. The Hall–Kier alpha value is -0.300. The molecule has 0 aliphatic rings. The summed E-state index contributed by atoms with van der Waals surface area (Å²) in [6.45, 7) is 10.3. The lowest BCUT2D eigenvalue weighted by Crippen LogP contribution is -2.34. The van der Waals surface area contributed by atoms with Gasteiger partial charge < -0.3 is 5.32 Å². The Kier molecular flexibility index (Phi) is 6.24. The minimum absolute atomic E-state index is 0.450. The third kappa shape index (κ3) is 5.02. The highest BCUT2D eigenvalue weighted by Crippen LogP contribution is 2.02. The zero-order valence-electron chi connectivity index (χ0n) is 8.06. The Morgan fingerprint density at radius 2 is 2.09 bits per heavy atom. The normalized spacial score (nSPS) is 15.9. The van der Waals surface area contributed by atoms with Crippen molar-refractivity contribution >= 4 is 0 Å². The lowest BCUT2D eigenvalue weighted by Gasteiger charge is -2.19. The molecule has 0 rings (SSSR count). The minimum Gasteiger partial charge on any atom is -0.308 e. The van der Waals surface area contributed by atoms with Crippen molar-refractivity contribution in [2.45, 2.75) is 52.1 Å². The summed E-state index contributed by atoms with van der Waals surface area (Å²) >= 11 is 0. The SMILES string of the molecule is C=CC(C)N[C@H](CC)CCC. The van der Waals surface area contributed by atoms with Gasteiger partial charge in [0.05, 0.1) is 0 Å². The van der Waals surface area contributed by atoms with Crippen LogP contribution in [0.2, 0.25) is 0 Å². The molecule has 1 heteroatoms. The monoisotopic (exact) mass is 155 g/mol. The molecule has 0 aromatic heterocycles. The fourth-order valence-corrected chi connectivity index (χ4v) is 1.19. The zero-order chi connectivity index (χ0) is 8.69. The van der Waals surface area contributed by atoms with Crippen molar-refractivity contribution in [3.05, 3.63) is 12.7 Å². The first-order valence-electron chi connectivity index (χ1n) is 4.63. The first-order chi connectivity index (χ1) is 5.24. The molecule has 0 heterocycles. The molecule has 0 fully saturated rings. The van der Waals surface area contributed by atoms with Crippen LogP contribution < -0.4 is 5.32 Å². The van der Waals surface area contributed by atoms with Gasteiger partial charge in [-0.1, -0.05) is 26.3 Å². The van der Waals surface area contributed by atoms with E-state index in [4.69, 9.17) is 0 Å². The topological polar surface area (TPSA) is 12.0 Å². The molecule has 0 spiro atoms. The second kappa shape index (κ2) is 6.41. The van der Waals surface area contributed by atoms with E-state index in [0.717, 1.165) is 0 Å². The van der Waals surface area contributed by atoms with E-state index in [-0.39, 0.29) is 0 Å². The van der Waals surface area contributed by atoms with E-state index in [2.05, 4.69) is 32.7 Å². The van der Waals surface area contributed by atoms with Crippen molar-refractivity contribution < 1.29 is 0 Å². The van der Waals surface area contributed by atoms with Crippen molar-refractivity contribution in [3.63, 3.8) is 0 Å². The fraction of sp³-hybridized carbons (Fsp3) is 0.800. The van der Waals surface area contributed by atoms with Crippen LogP contribution in [0.1, 0.15) is 40.0 Å². The van der Waals surface area contributed by atoms with E-state index < -0.39 is 0 Å². The predicted molar refractivity (Wildman–Crippen MR) is 51.8 cm³/mol. The third-order valence-electron chi connectivity index (χ3n) is 1.98. The molecule has 0 saturated carbocycles. The fourth-order valence-electron chi connectivity index (χ4n) is 1.19. The van der Waals surface area contributed by atoms with Crippen molar-refractivity contribution in [2.24, 2.45) is 0 Å². The highest BCUT2D eigenvalue weighted by Gasteiger charge is 2.05. The van der Waals surface area contributed by atoms with Crippen LogP contribution in [-0.4, -0.2) is 12.1 Å². The van der Waals surface area contributed by atoms with Crippen molar-refractivity contribution in [1.82, 2.24) is 5.32 Å². The van der Waals surface area contributed by atoms with E-state index >= 15 is 0 Å². The van der Waals surface area contributed by atoms with Crippen LogP contribution in [0.3, 0.4) is 0 Å². The van der Waals surface area contributed by atoms with E-state index in [0.29, 0.717) is 12.1 Å². The first kappa shape index (κ1) is 10.7. The quantitative estimate of drug-likeness (QED) is 0.582. The summed E-state index contributed by atoms with van der Waals surface area (Å²) in [7, 11) is 0. The second-order valence-electron chi connectivity index (χ2n) is 3.08. The van der Waals surface area contributed by atoms with Crippen LogP contribution >= 0.6 is 0 Å². The first-order valence-corrected chi connectivity index (χ1v) is 4.63. The van der Waals surface area contributed by atoms with Gasteiger partial charge in [0.25, 0.3) is 0 Å². The Morgan fingerprint density at radius 1 is 1.45 bits per heavy atom. The Morgan fingerprint density at radius 3 is 2.45 bits per heavy atom. The van der Waals surface area contributed by atoms with Crippen molar-refractivity contribution in [1.29, 1.82) is 0 Å². The van der Waals surface area contributed by atoms with Crippen LogP contribution in [0.25, 0.3) is 0 Å². The van der Waals surface area contributed by atoms with Crippen LogP contribution in [0.5, 0.6) is 0 Å². The molecule has 0 aromatic rings. The molecule has 66 valence electrons. The summed E-state index contributed by atoms with van der Waals surface area (Å²) < 4.78 is 0. The largest absolute Gasteiger partial charge is 0.308 e. The highest BCUT2D eigenvalue weighted by molar-refractivity contribution is 4.83. The molecule has 0 aliphatic heterocycles. The molecule has 1 N–H and O–H groups in total. The van der Waals surface area contributed by atoms with Gasteiger partial charge in [0.2, 0.25) is 0 Å². The van der Waals surface area contributed by atoms with Gasteiger partial charge in [-0.15, -0.1) is 6.58 Å². The van der Waals surface area contributed by atoms with Crippen molar-refractivity contribution in [2.75, 3.05) is 0 Å². The molecule has 11 heavy (non-hydrogen) atoms. The van der Waals surface area contributed by atoms with Crippen LogP contribution in [0.4, 0.5) is 0 Å². The molecule has 0 amide bonds. The highest BCUT2D eigenvalue weighted by atomic mass is 14.9. The maximum absolute atomic E-state index is 3.75. The summed E-state index contributed by atoms with van der Waals surface area (Å²) in [4.78, 5) is 0. The average Bonchev–Trinajstić information content (AvgIpc) is 2.03. The average molecular weight is 155 g/mol. The zero-order valence-corrected chi connectivity index (χ0v) is 8.06. The maximum atomic E-state index is 3.75. The minimum atomic E-state index is 0.450. The lowest BCUT2D eigenvalue weighted by molar-refractivity contribution is 0.442. The lowest BCUT2D eigenvalue weighted by atomic mass is 10.1. The second-order valence-corrected chi connectivity index (χ2v) is 3.08. The summed E-state index contributed by atoms with van der Waals surface area (Å²) in [5.41, 5.74) is 0. The standard InChI is InChI=1S/C10H21N/c1-5-8-10(7-3)11-9(4)6-2/h6,9-11H,2,5,7-8H2,1,3-4H3/t9?,10-/m1/s1. The molecule has 1 nitrogen and oxygen atoms in total. The molecular formula is C10H21N. The third-order valence-corrected chi connectivity index (χ3v) is 1.98. The number of nitrogens with one attached hydrogen (secondary N) is 1. The van der Waals surface area contributed by atoms with Crippen LogP contribution in [0, 0.1) is 0 Å². The Labute approximate surface area is 70.9 Å². The van der Waals surface area contributed by atoms with E-state index in [1.54, 1.807) is 0 Å². The van der Waals surface area contributed by atoms with Gasteiger partial charge >= 0.3 is 0 Å². The maximum Gasteiger partial charge on any atom is 0.0221 e. The van der Waals surface area contributed by atoms with Gasteiger partial charge in [-0.3, -0.25) is 0 Å². The van der Waals surface area contributed by atoms with Gasteiger partial charge in [-0.2, -0.15) is 0 Å². The summed E-state index contributed by atoms with van der Waals surface area (Å²) in [5, 5.41) is 3.50. The van der Waals surface area contributed by atoms with Crippen molar-refractivity contribution in [3.8, 4) is 0 Å². The number of hydrogen-bond acceptors (Lipinski definition) is 1. The van der Waals surface area contributed by atoms with Gasteiger partial charge in [0.15, 0.2) is 0 Å². The van der Waals surface area contributed by atoms with E-state index in [1.807, 2.05) is 6.08 Å².